The molecule has 0 amide bonds. The van der Waals surface area contributed by atoms with Crippen LogP contribution in [0.25, 0.3) is 0 Å². The minimum absolute atomic E-state index is 0.120. The molecule has 0 atom stereocenters. The summed E-state index contributed by atoms with van der Waals surface area (Å²) >= 11 is 0. The van der Waals surface area contributed by atoms with Gasteiger partial charge in [0.1, 0.15) is 13.2 Å². The molecule has 1 N–H and O–H groups in total. The van der Waals surface area contributed by atoms with Crippen LogP contribution in [0.15, 0.2) is 0 Å². The van der Waals surface area contributed by atoms with Gasteiger partial charge in [0, 0.05) is 0 Å². The molecule has 0 radical (unpaired) electrons. The summed E-state index contributed by atoms with van der Waals surface area (Å²) in [5, 5.41) is 8.03. The lowest BCUT2D eigenvalue weighted by Crippen LogP contribution is -2.30. The third kappa shape index (κ3) is 7.13. The molecular formula is C6H8F2O5. The number of carbonyl (C=O) groups excluding carboxylic acids is 1. The zero-order valence-corrected chi connectivity index (χ0v) is 6.53. The average Bonchev–Trinajstić information content (AvgIpc) is 2.00. The van der Waals surface area contributed by atoms with Crippen molar-refractivity contribution < 1.29 is 33.0 Å². The van der Waals surface area contributed by atoms with Crippen molar-refractivity contribution in [3.63, 3.8) is 0 Å². The second kappa shape index (κ2) is 5.41. The van der Waals surface area contributed by atoms with Gasteiger partial charge in [0.2, 0.25) is 0 Å². The summed E-state index contributed by atoms with van der Waals surface area (Å²) in [5.41, 5.74) is 0. The highest BCUT2D eigenvalue weighted by Crippen LogP contribution is 2.13. The summed E-state index contributed by atoms with van der Waals surface area (Å²) in [4.78, 5) is 19.4. The number of halogens is 2. The maximum atomic E-state index is 12.5. The van der Waals surface area contributed by atoms with Gasteiger partial charge in [0.15, 0.2) is 6.61 Å². The molecule has 0 saturated carbocycles. The number of ether oxygens (including phenoxy) is 2. The molecule has 7 heteroatoms. The molecule has 0 aliphatic heterocycles. The molecule has 0 aromatic carbocycles. The number of carbonyl (C=O) groups is 2. The van der Waals surface area contributed by atoms with Gasteiger partial charge < -0.3 is 14.6 Å². The average molecular weight is 198 g/mol. The van der Waals surface area contributed by atoms with Gasteiger partial charge in [-0.15, -0.1) is 0 Å². The van der Waals surface area contributed by atoms with E-state index in [1.807, 2.05) is 0 Å². The molecule has 0 bridgehead atoms. The molecule has 0 aliphatic carbocycles. The Kier molecular flexibility index (Phi) is 4.90. The fourth-order valence-electron chi connectivity index (χ4n) is 0.485. The standard InChI is InChI=1S/C6H8F2O5/c7-6(8,3-13-4-9)2-12-1-5(10)11/h4H,1-3H2,(H,10,11). The fraction of sp³-hybridized carbons (Fsp3) is 0.667. The van der Waals surface area contributed by atoms with Crippen LogP contribution in [0, 0.1) is 0 Å². The Balaban J connectivity index is 3.61. The Hall–Kier alpha value is -1.24. The first-order chi connectivity index (χ1) is 5.98. The molecule has 0 saturated heterocycles. The van der Waals surface area contributed by atoms with Crippen LogP contribution in [-0.4, -0.2) is 43.3 Å². The molecular weight excluding hydrogens is 190 g/mol. The monoisotopic (exact) mass is 198 g/mol. The van der Waals surface area contributed by atoms with Crippen molar-refractivity contribution in [3.8, 4) is 0 Å². The highest BCUT2D eigenvalue weighted by atomic mass is 19.3. The lowest BCUT2D eigenvalue weighted by atomic mass is 10.4. The molecule has 0 rings (SSSR count). The first-order valence-electron chi connectivity index (χ1n) is 3.20. The van der Waals surface area contributed by atoms with E-state index in [2.05, 4.69) is 9.47 Å². The SMILES string of the molecule is O=COCC(F)(F)COCC(=O)O. The number of carboxylic acid groups (broad SMARTS) is 1. The number of hydrogen-bond acceptors (Lipinski definition) is 4. The minimum Gasteiger partial charge on any atom is -0.480 e. The second-order valence-corrected chi connectivity index (χ2v) is 2.15. The van der Waals surface area contributed by atoms with E-state index < -0.39 is 31.7 Å². The van der Waals surface area contributed by atoms with Crippen LogP contribution in [0.5, 0.6) is 0 Å². The van der Waals surface area contributed by atoms with E-state index in [0.717, 1.165) is 0 Å². The Morgan fingerprint density at radius 1 is 1.46 bits per heavy atom. The molecule has 5 nitrogen and oxygen atoms in total. The highest BCUT2D eigenvalue weighted by Gasteiger charge is 2.30. The third-order valence-electron chi connectivity index (χ3n) is 0.901. The smallest absolute Gasteiger partial charge is 0.329 e. The quantitative estimate of drug-likeness (QED) is 0.578. The fourth-order valence-corrected chi connectivity index (χ4v) is 0.485. The molecule has 0 aromatic rings. The number of carboxylic acids is 1. The van der Waals surface area contributed by atoms with Crippen molar-refractivity contribution >= 4 is 12.4 Å². The lowest BCUT2D eigenvalue weighted by Gasteiger charge is -2.13. The van der Waals surface area contributed by atoms with Crippen LogP contribution in [-0.2, 0) is 19.1 Å². The molecule has 0 fully saturated rings. The van der Waals surface area contributed by atoms with Crippen molar-refractivity contribution in [3.05, 3.63) is 0 Å². The number of aliphatic carboxylic acids is 1. The Morgan fingerprint density at radius 3 is 2.54 bits per heavy atom. The summed E-state index contributed by atoms with van der Waals surface area (Å²) in [5.74, 6) is -4.69. The number of hydrogen-bond donors (Lipinski definition) is 1. The largest absolute Gasteiger partial charge is 0.480 e. The highest BCUT2D eigenvalue weighted by molar-refractivity contribution is 5.67. The molecule has 0 aromatic heterocycles. The lowest BCUT2D eigenvalue weighted by molar-refractivity contribution is -0.157. The molecule has 13 heavy (non-hydrogen) atoms. The van der Waals surface area contributed by atoms with Gasteiger partial charge in [0.25, 0.3) is 6.47 Å². The van der Waals surface area contributed by atoms with Gasteiger partial charge in [-0.1, -0.05) is 0 Å². The van der Waals surface area contributed by atoms with E-state index >= 15 is 0 Å². The van der Waals surface area contributed by atoms with Crippen LogP contribution >= 0.6 is 0 Å². The Bertz CT molecular complexity index is 182. The van der Waals surface area contributed by atoms with Crippen molar-refractivity contribution in [2.45, 2.75) is 5.92 Å². The van der Waals surface area contributed by atoms with Gasteiger partial charge in [-0.05, 0) is 0 Å². The van der Waals surface area contributed by atoms with E-state index in [1.165, 1.54) is 0 Å². The van der Waals surface area contributed by atoms with Crippen LogP contribution in [0.1, 0.15) is 0 Å². The third-order valence-corrected chi connectivity index (χ3v) is 0.901. The van der Waals surface area contributed by atoms with E-state index in [0.29, 0.717) is 0 Å². The normalized spacial score (nSPS) is 10.9. The predicted octanol–water partition coefficient (Wildman–Crippen LogP) is -0.104. The van der Waals surface area contributed by atoms with Gasteiger partial charge in [0.05, 0.1) is 0 Å². The zero-order valence-electron chi connectivity index (χ0n) is 6.53. The van der Waals surface area contributed by atoms with Crippen molar-refractivity contribution in [1.29, 1.82) is 0 Å². The van der Waals surface area contributed by atoms with E-state index in [1.54, 1.807) is 0 Å². The maximum absolute atomic E-state index is 12.5. The van der Waals surface area contributed by atoms with E-state index in [9.17, 15) is 18.4 Å². The Labute approximate surface area is 72.2 Å². The summed E-state index contributed by atoms with van der Waals surface area (Å²) in [7, 11) is 0. The van der Waals surface area contributed by atoms with Crippen LogP contribution < -0.4 is 0 Å². The zero-order chi connectivity index (χ0) is 10.3. The van der Waals surface area contributed by atoms with Crippen molar-refractivity contribution in [1.82, 2.24) is 0 Å². The minimum atomic E-state index is -3.35. The van der Waals surface area contributed by atoms with Crippen LogP contribution in [0.4, 0.5) is 8.78 Å². The van der Waals surface area contributed by atoms with Crippen LogP contribution in [0.3, 0.4) is 0 Å². The number of alkyl halides is 2. The first kappa shape index (κ1) is 11.8. The van der Waals surface area contributed by atoms with E-state index in [4.69, 9.17) is 5.11 Å². The number of rotatable bonds is 7. The molecule has 0 aliphatic rings. The Morgan fingerprint density at radius 2 is 2.08 bits per heavy atom. The predicted molar refractivity (Wildman–Crippen MR) is 35.4 cm³/mol. The van der Waals surface area contributed by atoms with Crippen LogP contribution in [0.2, 0.25) is 0 Å². The molecule has 0 heterocycles. The van der Waals surface area contributed by atoms with Crippen molar-refractivity contribution in [2.75, 3.05) is 19.8 Å². The van der Waals surface area contributed by atoms with Gasteiger partial charge in [-0.25, -0.2) is 13.6 Å². The van der Waals surface area contributed by atoms with Crippen molar-refractivity contribution in [2.24, 2.45) is 0 Å². The second-order valence-electron chi connectivity index (χ2n) is 2.15. The topological polar surface area (TPSA) is 72.8 Å². The summed E-state index contributed by atoms with van der Waals surface area (Å²) in [6.07, 6.45) is 0. The molecule has 76 valence electrons. The summed E-state index contributed by atoms with van der Waals surface area (Å²) < 4.78 is 32.8. The van der Waals surface area contributed by atoms with E-state index in [-0.39, 0.29) is 6.47 Å². The maximum Gasteiger partial charge on any atom is 0.329 e. The first-order valence-corrected chi connectivity index (χ1v) is 3.20. The summed E-state index contributed by atoms with van der Waals surface area (Å²) in [6.45, 7) is -3.13. The van der Waals surface area contributed by atoms with Gasteiger partial charge >= 0.3 is 11.9 Å². The van der Waals surface area contributed by atoms with Gasteiger partial charge in [-0.3, -0.25) is 4.79 Å². The molecule has 0 unspecified atom stereocenters. The molecule has 0 spiro atoms. The van der Waals surface area contributed by atoms with Gasteiger partial charge in [-0.2, -0.15) is 0 Å². The summed E-state index contributed by atoms with van der Waals surface area (Å²) in [6, 6.07) is 0.